The molecule has 2 fully saturated rings. The molecule has 1 aliphatic carbocycles. The zero-order valence-corrected chi connectivity index (χ0v) is 30.1. The number of fused-ring (bicyclic) bond motifs is 3. The number of nitrogens with zero attached hydrogens (tertiary/aromatic N) is 2. The average molecular weight is 700 g/mol. The SMILES string of the molecule is C[C@@H]1[C@@H](C)C/C=C/[C@H](C2OCC(N(C)C)CO2)[C@@H]2CC[C@H]2CN2CCCCc3cc(Cl)ccc3COc3ccc(cc32)C(=O)NS1(=O)=O. The topological polar surface area (TPSA) is 97.4 Å². The number of aryl methyl sites for hydroxylation is 1. The molecule has 5 atom stereocenters. The van der Waals surface area contributed by atoms with E-state index in [-0.39, 0.29) is 24.2 Å². The van der Waals surface area contributed by atoms with E-state index in [4.69, 9.17) is 25.8 Å². The summed E-state index contributed by atoms with van der Waals surface area (Å²) in [6, 6.07) is 11.4. The van der Waals surface area contributed by atoms with Gasteiger partial charge in [-0.15, -0.1) is 0 Å². The number of nitrogens with one attached hydrogen (secondary N) is 1. The third-order valence-electron chi connectivity index (χ3n) is 11.0. The van der Waals surface area contributed by atoms with Gasteiger partial charge in [0, 0.05) is 29.6 Å². The van der Waals surface area contributed by atoms with E-state index in [1.807, 2.05) is 39.2 Å². The molecule has 3 heterocycles. The summed E-state index contributed by atoms with van der Waals surface area (Å²) in [5.74, 6) is 0.599. The van der Waals surface area contributed by atoms with Crippen molar-refractivity contribution < 1.29 is 27.4 Å². The summed E-state index contributed by atoms with van der Waals surface area (Å²) in [5, 5.41) is -0.0580. The van der Waals surface area contributed by atoms with Crippen LogP contribution in [0.4, 0.5) is 5.69 Å². The molecule has 2 bridgehead atoms. The molecule has 48 heavy (non-hydrogen) atoms. The number of carbonyl (C=O) groups excluding carboxylic acids is 1. The van der Waals surface area contributed by atoms with Crippen LogP contribution in [-0.4, -0.2) is 77.2 Å². The lowest BCUT2D eigenvalue weighted by Gasteiger charge is -2.47. The van der Waals surface area contributed by atoms with Gasteiger partial charge in [-0.2, -0.15) is 0 Å². The van der Waals surface area contributed by atoms with Crippen LogP contribution >= 0.6 is 11.6 Å². The fraction of sp³-hybridized carbons (Fsp3) is 0.595. The summed E-state index contributed by atoms with van der Waals surface area (Å²) >= 11 is 6.37. The predicted molar refractivity (Wildman–Crippen MR) is 189 cm³/mol. The minimum absolute atomic E-state index is 0.0452. The summed E-state index contributed by atoms with van der Waals surface area (Å²) < 4.78 is 48.5. The lowest BCUT2D eigenvalue weighted by atomic mass is 9.66. The van der Waals surface area contributed by atoms with Crippen molar-refractivity contribution in [2.75, 3.05) is 45.3 Å². The van der Waals surface area contributed by atoms with Crippen LogP contribution in [0.15, 0.2) is 48.6 Å². The van der Waals surface area contributed by atoms with Crippen molar-refractivity contribution in [3.05, 3.63) is 70.3 Å². The second-order valence-electron chi connectivity index (χ2n) is 14.3. The van der Waals surface area contributed by atoms with Crippen LogP contribution in [0.2, 0.25) is 5.02 Å². The molecule has 0 unspecified atom stereocenters. The zero-order valence-electron chi connectivity index (χ0n) is 28.6. The Hall–Kier alpha value is -2.63. The predicted octanol–water partition coefficient (Wildman–Crippen LogP) is 6.05. The molecule has 6 rings (SSSR count). The lowest BCUT2D eigenvalue weighted by Crippen LogP contribution is -2.50. The van der Waals surface area contributed by atoms with Crippen molar-refractivity contribution >= 4 is 33.2 Å². The van der Waals surface area contributed by atoms with Gasteiger partial charge in [-0.05, 0) is 119 Å². The minimum atomic E-state index is -3.94. The third-order valence-corrected chi connectivity index (χ3v) is 13.2. The van der Waals surface area contributed by atoms with Crippen LogP contribution in [0, 0.1) is 23.7 Å². The number of anilines is 1. The summed E-state index contributed by atoms with van der Waals surface area (Å²) in [4.78, 5) is 18.0. The molecule has 262 valence electrons. The number of allylic oxidation sites excluding steroid dienone is 1. The smallest absolute Gasteiger partial charge is 0.264 e. The highest BCUT2D eigenvalue weighted by molar-refractivity contribution is 7.90. The normalized spacial score (nSPS) is 32.0. The first-order chi connectivity index (χ1) is 23.0. The summed E-state index contributed by atoms with van der Waals surface area (Å²) in [6.07, 6.45) is 9.48. The number of likely N-dealkylation sites (N-methyl/N-ethyl adjacent to an activating group) is 1. The van der Waals surface area contributed by atoms with Gasteiger partial charge in [-0.3, -0.25) is 4.79 Å². The highest BCUT2D eigenvalue weighted by Gasteiger charge is 2.43. The number of ether oxygens (including phenoxy) is 3. The Labute approximate surface area is 291 Å². The Morgan fingerprint density at radius 3 is 2.52 bits per heavy atom. The Bertz CT molecular complexity index is 1590. The first-order valence-electron chi connectivity index (χ1n) is 17.4. The second kappa shape index (κ2) is 15.1. The zero-order chi connectivity index (χ0) is 34.0. The van der Waals surface area contributed by atoms with Crippen molar-refractivity contribution in [2.45, 2.75) is 76.6 Å². The molecular weight excluding hydrogens is 650 g/mol. The molecule has 1 saturated carbocycles. The highest BCUT2D eigenvalue weighted by Crippen LogP contribution is 2.45. The molecule has 1 amide bonds. The molecule has 4 aliphatic rings. The van der Waals surface area contributed by atoms with Gasteiger partial charge in [0.25, 0.3) is 5.91 Å². The number of hydrogen-bond acceptors (Lipinski definition) is 8. The van der Waals surface area contributed by atoms with Gasteiger partial charge in [0.15, 0.2) is 6.29 Å². The Kier molecular flexibility index (Phi) is 11.1. The average Bonchev–Trinajstić information content (AvgIpc) is 3.08. The van der Waals surface area contributed by atoms with Gasteiger partial charge in [0.2, 0.25) is 10.0 Å². The maximum Gasteiger partial charge on any atom is 0.264 e. The molecule has 9 nitrogen and oxygen atoms in total. The number of carbonyl (C=O) groups is 1. The van der Waals surface area contributed by atoms with E-state index in [1.165, 1.54) is 5.56 Å². The van der Waals surface area contributed by atoms with E-state index >= 15 is 0 Å². The maximum absolute atomic E-state index is 13.5. The van der Waals surface area contributed by atoms with Crippen molar-refractivity contribution in [3.63, 3.8) is 0 Å². The molecule has 2 aromatic rings. The van der Waals surface area contributed by atoms with Gasteiger partial charge in [0.05, 0.1) is 30.2 Å². The van der Waals surface area contributed by atoms with E-state index in [9.17, 15) is 13.2 Å². The summed E-state index contributed by atoms with van der Waals surface area (Å²) in [5.41, 5.74) is 3.37. The molecule has 2 aromatic carbocycles. The molecule has 3 aliphatic heterocycles. The number of rotatable bonds is 2. The van der Waals surface area contributed by atoms with E-state index in [2.05, 4.69) is 26.7 Å². The number of hydrogen-bond donors (Lipinski definition) is 1. The monoisotopic (exact) mass is 699 g/mol. The van der Waals surface area contributed by atoms with Gasteiger partial charge < -0.3 is 24.0 Å². The molecule has 0 spiro atoms. The number of benzene rings is 2. The van der Waals surface area contributed by atoms with Crippen molar-refractivity contribution in [3.8, 4) is 5.75 Å². The Balaban J connectivity index is 1.36. The fourth-order valence-corrected chi connectivity index (χ4v) is 8.86. The van der Waals surface area contributed by atoms with Gasteiger partial charge in [-0.1, -0.05) is 36.7 Å². The molecule has 0 aromatic heterocycles. The van der Waals surface area contributed by atoms with Gasteiger partial charge in [0.1, 0.15) is 12.4 Å². The van der Waals surface area contributed by atoms with Crippen LogP contribution in [-0.2, 0) is 32.5 Å². The first-order valence-corrected chi connectivity index (χ1v) is 19.3. The van der Waals surface area contributed by atoms with Crippen LogP contribution in [0.3, 0.4) is 0 Å². The van der Waals surface area contributed by atoms with E-state index < -0.39 is 21.2 Å². The van der Waals surface area contributed by atoms with Crippen molar-refractivity contribution in [1.29, 1.82) is 0 Å². The summed E-state index contributed by atoms with van der Waals surface area (Å²) in [7, 11) is 0.150. The number of amides is 1. The lowest BCUT2D eigenvalue weighted by molar-refractivity contribution is -0.230. The molecule has 1 N–H and O–H groups in total. The molecule has 11 heteroatoms. The van der Waals surface area contributed by atoms with Crippen molar-refractivity contribution in [1.82, 2.24) is 9.62 Å². The van der Waals surface area contributed by atoms with Crippen molar-refractivity contribution in [2.24, 2.45) is 23.7 Å². The van der Waals surface area contributed by atoms with Crippen LogP contribution < -0.4 is 14.4 Å². The molecular formula is C37H50ClN3O6S. The highest BCUT2D eigenvalue weighted by atomic mass is 35.5. The molecule has 1 saturated heterocycles. The fourth-order valence-electron chi connectivity index (χ4n) is 7.38. The number of sulfonamides is 1. The molecule has 0 radical (unpaired) electrons. The summed E-state index contributed by atoms with van der Waals surface area (Å²) in [6.45, 7) is 6.73. The minimum Gasteiger partial charge on any atom is -0.487 e. The largest absolute Gasteiger partial charge is 0.487 e. The van der Waals surface area contributed by atoms with Crippen LogP contribution in [0.25, 0.3) is 0 Å². The quantitative estimate of drug-likeness (QED) is 0.379. The Morgan fingerprint density at radius 2 is 1.79 bits per heavy atom. The van der Waals surface area contributed by atoms with E-state index in [0.717, 1.165) is 56.4 Å². The third kappa shape index (κ3) is 7.88. The van der Waals surface area contributed by atoms with Gasteiger partial charge in [-0.25, -0.2) is 13.1 Å². The van der Waals surface area contributed by atoms with Crippen LogP contribution in [0.5, 0.6) is 5.75 Å². The first kappa shape index (κ1) is 35.2. The standard InChI is InChI=1S/C37H50ClN3O6S/c1-24-8-7-10-33(37-46-22-31(23-47-37)40(3)4)32-15-12-28(32)20-41-17-6-5-9-26-18-30(38)14-11-29(26)21-45-35-16-13-27(19-34(35)41)36(42)39-48(43,44)25(24)2/h7,10-11,13-14,16,18-19,24-25,28,31-33,37H,5-6,8-9,12,15,17,20-23H2,1-4H3,(H,39,42)/b10-7+/t24-,25+,28-,31?,32+,33-,37?/m0/s1. The Morgan fingerprint density at radius 1 is 1.00 bits per heavy atom. The van der Waals surface area contributed by atoms with E-state index in [1.54, 1.807) is 25.1 Å². The maximum atomic E-state index is 13.5. The van der Waals surface area contributed by atoms with Gasteiger partial charge >= 0.3 is 0 Å². The van der Waals surface area contributed by atoms with Crippen LogP contribution in [0.1, 0.15) is 67.4 Å². The second-order valence-corrected chi connectivity index (χ2v) is 16.8. The number of halogens is 1. The van der Waals surface area contributed by atoms with E-state index in [0.29, 0.717) is 54.4 Å².